The van der Waals surface area contributed by atoms with Crippen LogP contribution in [-0.4, -0.2) is 26.9 Å². The number of rotatable bonds is 4. The molecule has 0 unspecified atom stereocenters. The Bertz CT molecular complexity index is 86.9. The lowest BCUT2D eigenvalue weighted by molar-refractivity contribution is -0.127. The van der Waals surface area contributed by atoms with E-state index in [2.05, 4.69) is 0 Å². The first-order valence-electron chi connectivity index (χ1n) is 3.09. The van der Waals surface area contributed by atoms with Gasteiger partial charge in [-0.3, -0.25) is 0 Å². The maximum atomic E-state index is 5.09. The molecule has 0 aliphatic heterocycles. The fraction of sp³-hybridized carbons (Fsp3) is 0.857. The molecule has 0 aliphatic rings. The molecule has 0 rings (SSSR count). The van der Waals surface area contributed by atoms with Gasteiger partial charge in [0.1, 0.15) is 5.60 Å². The minimum atomic E-state index is -0.469. The lowest BCUT2D eigenvalue weighted by Crippen LogP contribution is -2.33. The maximum Gasteiger partial charge on any atom is 0.255 e. The highest BCUT2D eigenvalue weighted by Crippen LogP contribution is 2.23. The third-order valence-corrected chi connectivity index (χ3v) is 1.37. The van der Waals surface area contributed by atoms with Crippen molar-refractivity contribution < 1.29 is 14.2 Å². The fourth-order valence-corrected chi connectivity index (χ4v) is 0.658. The van der Waals surface area contributed by atoms with E-state index in [0.717, 1.165) is 0 Å². The molecule has 0 aromatic heterocycles. The van der Waals surface area contributed by atoms with E-state index < -0.39 is 5.60 Å². The van der Waals surface area contributed by atoms with Crippen LogP contribution < -0.4 is 0 Å². The molecule has 10 heavy (non-hydrogen) atoms. The number of methoxy groups -OCH3 is 3. The summed E-state index contributed by atoms with van der Waals surface area (Å²) in [5.41, 5.74) is -0.469. The molecule has 0 aromatic carbocycles. The normalized spacial score (nSPS) is 12.6. The van der Waals surface area contributed by atoms with Crippen molar-refractivity contribution in [3.05, 3.63) is 6.29 Å². The van der Waals surface area contributed by atoms with E-state index in [1.807, 2.05) is 13.8 Å². The van der Waals surface area contributed by atoms with Crippen LogP contribution >= 0.6 is 0 Å². The van der Waals surface area contributed by atoms with Crippen molar-refractivity contribution in [1.82, 2.24) is 0 Å². The van der Waals surface area contributed by atoms with Crippen molar-refractivity contribution in [2.24, 2.45) is 0 Å². The summed E-state index contributed by atoms with van der Waals surface area (Å²) in [6, 6.07) is 0. The Hall–Kier alpha value is -0.120. The second-order valence-corrected chi connectivity index (χ2v) is 2.41. The molecule has 0 saturated heterocycles. The summed E-state index contributed by atoms with van der Waals surface area (Å²) in [6.07, 6.45) is 0.481. The van der Waals surface area contributed by atoms with E-state index in [-0.39, 0.29) is 0 Å². The summed E-state index contributed by atoms with van der Waals surface area (Å²) < 4.78 is 14.9. The summed E-state index contributed by atoms with van der Waals surface area (Å²) in [4.78, 5) is 0. The Morgan fingerprint density at radius 3 is 1.50 bits per heavy atom. The number of ether oxygens (including phenoxy) is 3. The Kier molecular flexibility index (Phi) is 3.86. The molecule has 0 N–H and O–H groups in total. The van der Waals surface area contributed by atoms with Crippen LogP contribution in [0.25, 0.3) is 0 Å². The lowest BCUT2D eigenvalue weighted by atomic mass is 10.1. The third-order valence-electron chi connectivity index (χ3n) is 1.37. The van der Waals surface area contributed by atoms with Crippen LogP contribution in [0.2, 0.25) is 0 Å². The number of hydrogen-bond donors (Lipinski definition) is 0. The van der Waals surface area contributed by atoms with Crippen LogP contribution in [0.3, 0.4) is 0 Å². The smallest absolute Gasteiger partial charge is 0.255 e. The van der Waals surface area contributed by atoms with Gasteiger partial charge in [-0.25, -0.2) is 0 Å². The van der Waals surface area contributed by atoms with Crippen LogP contribution in [-0.2, 0) is 14.2 Å². The van der Waals surface area contributed by atoms with Crippen molar-refractivity contribution in [2.75, 3.05) is 21.3 Å². The molecule has 0 fully saturated rings. The molecule has 61 valence electrons. The van der Waals surface area contributed by atoms with Gasteiger partial charge < -0.3 is 14.2 Å². The van der Waals surface area contributed by atoms with Gasteiger partial charge in [0.2, 0.25) is 0 Å². The van der Waals surface area contributed by atoms with Gasteiger partial charge in [-0.15, -0.1) is 0 Å². The topological polar surface area (TPSA) is 27.7 Å². The average Bonchev–Trinajstić information content (AvgIpc) is 1.90. The predicted molar refractivity (Wildman–Crippen MR) is 38.3 cm³/mol. The highest BCUT2D eigenvalue weighted by atomic mass is 16.7. The molecule has 0 saturated carbocycles. The van der Waals surface area contributed by atoms with Gasteiger partial charge in [0.05, 0.1) is 0 Å². The van der Waals surface area contributed by atoms with E-state index in [1.165, 1.54) is 0 Å². The first-order valence-corrected chi connectivity index (χ1v) is 3.09. The second kappa shape index (κ2) is 3.91. The van der Waals surface area contributed by atoms with Crippen LogP contribution in [0.15, 0.2) is 0 Å². The van der Waals surface area contributed by atoms with Crippen molar-refractivity contribution in [1.29, 1.82) is 0 Å². The molecule has 0 amide bonds. The van der Waals surface area contributed by atoms with Gasteiger partial charge in [0.15, 0.2) is 0 Å². The van der Waals surface area contributed by atoms with E-state index in [4.69, 9.17) is 14.2 Å². The molecule has 0 spiro atoms. The Balaban J connectivity index is 3.97. The molecular weight excluding hydrogens is 132 g/mol. The Morgan fingerprint density at radius 1 is 1.00 bits per heavy atom. The van der Waals surface area contributed by atoms with E-state index in [0.29, 0.717) is 6.29 Å². The molecule has 0 atom stereocenters. The molecule has 0 aliphatic carbocycles. The van der Waals surface area contributed by atoms with Crippen molar-refractivity contribution >= 4 is 0 Å². The highest BCUT2D eigenvalue weighted by molar-refractivity contribution is 4.87. The quantitative estimate of drug-likeness (QED) is 0.598. The standard InChI is InChI=1S/C7H15O3/c1-7(2,10-5)6(8-3)9-4/h1-5H3. The summed E-state index contributed by atoms with van der Waals surface area (Å²) in [5.74, 6) is 0. The van der Waals surface area contributed by atoms with Crippen molar-refractivity contribution in [3.63, 3.8) is 0 Å². The minimum absolute atomic E-state index is 0.469. The Labute approximate surface area is 62.3 Å². The number of hydrogen-bond acceptors (Lipinski definition) is 3. The Morgan fingerprint density at radius 2 is 1.40 bits per heavy atom. The van der Waals surface area contributed by atoms with Gasteiger partial charge in [-0.05, 0) is 13.8 Å². The minimum Gasteiger partial charge on any atom is -0.373 e. The van der Waals surface area contributed by atoms with Crippen LogP contribution in [0, 0.1) is 6.29 Å². The maximum absolute atomic E-state index is 5.09. The third kappa shape index (κ3) is 2.25. The van der Waals surface area contributed by atoms with Gasteiger partial charge >= 0.3 is 0 Å². The zero-order valence-corrected chi connectivity index (χ0v) is 7.22. The second-order valence-electron chi connectivity index (χ2n) is 2.41. The average molecular weight is 147 g/mol. The predicted octanol–water partition coefficient (Wildman–Crippen LogP) is 1.19. The van der Waals surface area contributed by atoms with Crippen molar-refractivity contribution in [3.8, 4) is 0 Å². The summed E-state index contributed by atoms with van der Waals surface area (Å²) in [6.45, 7) is 3.74. The fourth-order valence-electron chi connectivity index (χ4n) is 0.658. The van der Waals surface area contributed by atoms with Crippen LogP contribution in [0.1, 0.15) is 13.8 Å². The highest BCUT2D eigenvalue weighted by Gasteiger charge is 2.31. The molecule has 3 nitrogen and oxygen atoms in total. The molecule has 1 radical (unpaired) electrons. The zero-order chi connectivity index (χ0) is 8.20. The monoisotopic (exact) mass is 147 g/mol. The van der Waals surface area contributed by atoms with Gasteiger partial charge in [0, 0.05) is 21.3 Å². The lowest BCUT2D eigenvalue weighted by Gasteiger charge is -2.28. The van der Waals surface area contributed by atoms with E-state index in [9.17, 15) is 0 Å². The molecule has 0 bridgehead atoms. The SMILES string of the molecule is CO[C](OC)C(C)(C)OC. The van der Waals surface area contributed by atoms with Crippen LogP contribution in [0.4, 0.5) is 0 Å². The zero-order valence-electron chi connectivity index (χ0n) is 7.22. The van der Waals surface area contributed by atoms with Gasteiger partial charge in [-0.2, -0.15) is 0 Å². The summed E-state index contributed by atoms with van der Waals surface area (Å²) in [5, 5.41) is 0. The molecule has 3 heteroatoms. The molecule has 0 heterocycles. The van der Waals surface area contributed by atoms with E-state index in [1.54, 1.807) is 21.3 Å². The molecule has 0 aromatic rings. The van der Waals surface area contributed by atoms with Crippen LogP contribution in [0.5, 0.6) is 0 Å². The summed E-state index contributed by atoms with van der Waals surface area (Å²) >= 11 is 0. The van der Waals surface area contributed by atoms with E-state index >= 15 is 0 Å². The first kappa shape index (κ1) is 9.88. The molecular formula is C7H15O3. The van der Waals surface area contributed by atoms with Gasteiger partial charge in [0.25, 0.3) is 6.29 Å². The van der Waals surface area contributed by atoms with Gasteiger partial charge in [-0.1, -0.05) is 0 Å². The largest absolute Gasteiger partial charge is 0.373 e. The first-order chi connectivity index (χ1) is 4.58. The summed E-state index contributed by atoms with van der Waals surface area (Å²) in [7, 11) is 4.72. The van der Waals surface area contributed by atoms with Crippen molar-refractivity contribution in [2.45, 2.75) is 19.4 Å².